The molecule has 0 aliphatic heterocycles. The van der Waals surface area contributed by atoms with Crippen molar-refractivity contribution in [3.05, 3.63) is 36.4 Å². The highest BCUT2D eigenvalue weighted by atomic mass is 35.5. The molecule has 0 unspecified atom stereocenters. The van der Waals surface area contributed by atoms with E-state index in [1.165, 1.54) is 30.0 Å². The molecule has 2 nitrogen and oxygen atoms in total. The molecule has 0 N–H and O–H groups in total. The monoisotopic (exact) mass is 320 g/mol. The first kappa shape index (κ1) is 17.0. The van der Waals surface area contributed by atoms with Gasteiger partial charge in [-0.1, -0.05) is 38.3 Å². The molecular weight excluding hydrogens is 296 g/mol. The van der Waals surface area contributed by atoms with E-state index in [0.29, 0.717) is 12.5 Å². The van der Waals surface area contributed by atoms with Crippen LogP contribution < -0.4 is 9.47 Å². The van der Waals surface area contributed by atoms with E-state index in [-0.39, 0.29) is 0 Å². The molecule has 22 heavy (non-hydrogen) atoms. The van der Waals surface area contributed by atoms with Crippen LogP contribution in [0.4, 0.5) is 0 Å². The summed E-state index contributed by atoms with van der Waals surface area (Å²) in [6, 6.07) is 12.4. The molecule has 0 atom stereocenters. The first-order valence-corrected chi connectivity index (χ1v) is 8.72. The topological polar surface area (TPSA) is 18.5 Å². The third-order valence-corrected chi connectivity index (χ3v) is 3.86. The minimum atomic E-state index is 0.631. The van der Waals surface area contributed by atoms with Gasteiger partial charge in [-0.15, -0.1) is 11.6 Å². The van der Waals surface area contributed by atoms with E-state index < -0.39 is 0 Å². The van der Waals surface area contributed by atoms with E-state index in [2.05, 4.69) is 31.2 Å². The molecule has 0 saturated heterocycles. The van der Waals surface area contributed by atoms with Crippen LogP contribution in [0.25, 0.3) is 10.8 Å². The highest BCUT2D eigenvalue weighted by Crippen LogP contribution is 2.25. The zero-order valence-corrected chi connectivity index (χ0v) is 14.1. The van der Waals surface area contributed by atoms with Crippen LogP contribution in [0.15, 0.2) is 36.4 Å². The van der Waals surface area contributed by atoms with Crippen LogP contribution in [0.5, 0.6) is 11.5 Å². The number of ether oxygens (including phenoxy) is 2. The molecule has 120 valence electrons. The summed E-state index contributed by atoms with van der Waals surface area (Å²) in [5.74, 6) is 2.47. The predicted molar refractivity (Wildman–Crippen MR) is 94.4 cm³/mol. The molecular formula is C19H25ClO2. The van der Waals surface area contributed by atoms with Crippen LogP contribution in [0.3, 0.4) is 0 Å². The van der Waals surface area contributed by atoms with Crippen molar-refractivity contribution in [2.45, 2.75) is 39.0 Å². The first-order valence-electron chi connectivity index (χ1n) is 8.19. The lowest BCUT2D eigenvalue weighted by molar-refractivity contribution is 0.305. The summed E-state index contributed by atoms with van der Waals surface area (Å²) in [5.41, 5.74) is 0. The Morgan fingerprint density at radius 3 is 1.91 bits per heavy atom. The number of hydrogen-bond acceptors (Lipinski definition) is 2. The van der Waals surface area contributed by atoms with Gasteiger partial charge >= 0.3 is 0 Å². The lowest BCUT2D eigenvalue weighted by Gasteiger charge is -2.09. The highest BCUT2D eigenvalue weighted by Gasteiger charge is 2.01. The van der Waals surface area contributed by atoms with E-state index in [4.69, 9.17) is 21.1 Å². The Morgan fingerprint density at radius 2 is 1.36 bits per heavy atom. The summed E-state index contributed by atoms with van der Waals surface area (Å²) in [7, 11) is 0. The number of benzene rings is 2. The van der Waals surface area contributed by atoms with Crippen molar-refractivity contribution in [2.24, 2.45) is 0 Å². The van der Waals surface area contributed by atoms with Crippen molar-refractivity contribution < 1.29 is 9.47 Å². The first-order chi connectivity index (χ1) is 10.8. The van der Waals surface area contributed by atoms with Crippen LogP contribution >= 0.6 is 11.6 Å². The van der Waals surface area contributed by atoms with Crippen LogP contribution in [0.1, 0.15) is 39.0 Å². The van der Waals surface area contributed by atoms with Gasteiger partial charge in [-0.2, -0.15) is 0 Å². The molecule has 0 fully saturated rings. The summed E-state index contributed by atoms with van der Waals surface area (Å²) < 4.78 is 11.5. The molecule has 0 aliphatic rings. The Morgan fingerprint density at radius 1 is 0.773 bits per heavy atom. The molecule has 0 amide bonds. The lowest BCUT2D eigenvalue weighted by atomic mass is 10.1. The largest absolute Gasteiger partial charge is 0.494 e. The van der Waals surface area contributed by atoms with Crippen molar-refractivity contribution in [1.29, 1.82) is 0 Å². The summed E-state index contributed by atoms with van der Waals surface area (Å²) in [4.78, 5) is 0. The molecule has 0 spiro atoms. The second-order valence-electron chi connectivity index (χ2n) is 5.47. The number of alkyl halides is 1. The van der Waals surface area contributed by atoms with Gasteiger partial charge in [-0.25, -0.2) is 0 Å². The van der Waals surface area contributed by atoms with Gasteiger partial charge in [0.05, 0.1) is 13.2 Å². The Bertz CT molecular complexity index is 568. The Labute approximate surface area is 138 Å². The zero-order chi connectivity index (χ0) is 15.6. The molecule has 0 heterocycles. The fourth-order valence-corrected chi connectivity index (χ4v) is 2.45. The van der Waals surface area contributed by atoms with Gasteiger partial charge < -0.3 is 9.47 Å². The lowest BCUT2D eigenvalue weighted by Crippen LogP contribution is -1.98. The molecule has 0 aliphatic carbocycles. The fourth-order valence-electron chi connectivity index (χ4n) is 2.34. The number of rotatable bonds is 10. The highest BCUT2D eigenvalue weighted by molar-refractivity contribution is 6.17. The average Bonchev–Trinajstić information content (AvgIpc) is 2.55. The summed E-state index contributed by atoms with van der Waals surface area (Å²) in [6.45, 7) is 3.68. The third-order valence-electron chi connectivity index (χ3n) is 3.60. The van der Waals surface area contributed by atoms with Crippen LogP contribution in [-0.2, 0) is 0 Å². The van der Waals surface area contributed by atoms with Crippen LogP contribution in [0, 0.1) is 0 Å². The van der Waals surface area contributed by atoms with E-state index in [9.17, 15) is 0 Å². The van der Waals surface area contributed by atoms with Crippen molar-refractivity contribution >= 4 is 22.4 Å². The van der Waals surface area contributed by atoms with Gasteiger partial charge in [-0.05, 0) is 47.9 Å². The molecule has 0 bridgehead atoms. The van der Waals surface area contributed by atoms with E-state index in [0.717, 1.165) is 30.9 Å². The van der Waals surface area contributed by atoms with Gasteiger partial charge in [0.25, 0.3) is 0 Å². The maximum absolute atomic E-state index is 5.82. The van der Waals surface area contributed by atoms with Crippen molar-refractivity contribution in [3.63, 3.8) is 0 Å². The van der Waals surface area contributed by atoms with Crippen molar-refractivity contribution in [1.82, 2.24) is 0 Å². The molecule has 2 rings (SSSR count). The second kappa shape index (κ2) is 9.58. The Kier molecular flexibility index (Phi) is 7.38. The maximum Gasteiger partial charge on any atom is 0.119 e. The summed E-state index contributed by atoms with van der Waals surface area (Å²) in [6.07, 6.45) is 5.77. The van der Waals surface area contributed by atoms with Gasteiger partial charge in [0, 0.05) is 5.88 Å². The minimum absolute atomic E-state index is 0.631. The Hall–Kier alpha value is -1.41. The predicted octanol–water partition coefficient (Wildman–Crippen LogP) is 5.81. The summed E-state index contributed by atoms with van der Waals surface area (Å²) in [5, 5.41) is 2.34. The Balaban J connectivity index is 1.91. The molecule has 2 aromatic carbocycles. The number of fused-ring (bicyclic) bond motifs is 1. The quantitative estimate of drug-likeness (QED) is 0.406. The van der Waals surface area contributed by atoms with E-state index >= 15 is 0 Å². The van der Waals surface area contributed by atoms with Crippen LogP contribution in [0.2, 0.25) is 0 Å². The standard InChI is InChI=1S/C19H25ClO2/c1-2-3-4-5-12-21-18-9-7-17-15-19(22-13-6-11-20)10-8-16(17)14-18/h7-10,14-15H,2-6,11-13H2,1H3. The maximum atomic E-state index is 5.82. The number of hydrogen-bond donors (Lipinski definition) is 0. The zero-order valence-electron chi connectivity index (χ0n) is 13.3. The molecule has 0 saturated carbocycles. The second-order valence-corrected chi connectivity index (χ2v) is 5.85. The number of halogens is 1. The van der Waals surface area contributed by atoms with Gasteiger partial charge in [0.15, 0.2) is 0 Å². The van der Waals surface area contributed by atoms with Gasteiger partial charge in [0.2, 0.25) is 0 Å². The van der Waals surface area contributed by atoms with Crippen molar-refractivity contribution in [2.75, 3.05) is 19.1 Å². The number of unbranched alkanes of at least 4 members (excludes halogenated alkanes) is 3. The smallest absolute Gasteiger partial charge is 0.119 e. The molecule has 0 radical (unpaired) electrons. The van der Waals surface area contributed by atoms with Gasteiger partial charge in [-0.3, -0.25) is 0 Å². The molecule has 0 aromatic heterocycles. The van der Waals surface area contributed by atoms with Gasteiger partial charge in [0.1, 0.15) is 11.5 Å². The van der Waals surface area contributed by atoms with E-state index in [1.54, 1.807) is 0 Å². The van der Waals surface area contributed by atoms with Crippen LogP contribution in [-0.4, -0.2) is 19.1 Å². The molecule has 3 heteroatoms. The fraction of sp³-hybridized carbons (Fsp3) is 0.474. The minimum Gasteiger partial charge on any atom is -0.494 e. The third kappa shape index (κ3) is 5.42. The molecule has 2 aromatic rings. The summed E-state index contributed by atoms with van der Waals surface area (Å²) >= 11 is 5.66. The van der Waals surface area contributed by atoms with Crippen molar-refractivity contribution in [3.8, 4) is 11.5 Å². The SMILES string of the molecule is CCCCCCOc1ccc2cc(OCCCCl)ccc2c1. The average molecular weight is 321 g/mol. The normalized spacial score (nSPS) is 10.8. The van der Waals surface area contributed by atoms with E-state index in [1.807, 2.05) is 12.1 Å².